The van der Waals surface area contributed by atoms with E-state index >= 15 is 0 Å². The Morgan fingerprint density at radius 3 is 3.00 bits per heavy atom. The molecule has 0 aliphatic carbocycles. The van der Waals surface area contributed by atoms with Crippen LogP contribution in [-0.4, -0.2) is 23.2 Å². The Morgan fingerprint density at radius 2 is 2.17 bits per heavy atom. The molecule has 1 aromatic carbocycles. The lowest BCUT2D eigenvalue weighted by Crippen LogP contribution is -2.46. The van der Waals surface area contributed by atoms with Crippen molar-refractivity contribution in [1.82, 2.24) is 10.3 Å². The zero-order chi connectivity index (χ0) is 12.6. The first kappa shape index (κ1) is 11.6. The number of aliphatic hydroxyl groups is 1. The van der Waals surface area contributed by atoms with Gasteiger partial charge < -0.3 is 10.4 Å². The Labute approximate surface area is 107 Å². The number of piperidine rings is 1. The van der Waals surface area contributed by atoms with Crippen LogP contribution in [0.15, 0.2) is 36.5 Å². The molecule has 0 spiro atoms. The van der Waals surface area contributed by atoms with Gasteiger partial charge in [0.05, 0.1) is 11.1 Å². The molecule has 3 rings (SSSR count). The number of hydrogen-bond acceptors (Lipinski definition) is 3. The molecule has 0 amide bonds. The molecule has 0 saturated carbocycles. The number of rotatable bonds is 1. The molecule has 0 radical (unpaired) electrons. The van der Waals surface area contributed by atoms with Gasteiger partial charge in [-0.1, -0.05) is 31.2 Å². The van der Waals surface area contributed by atoms with Crippen molar-refractivity contribution in [3.8, 4) is 0 Å². The molecule has 2 heterocycles. The van der Waals surface area contributed by atoms with Crippen LogP contribution in [0.3, 0.4) is 0 Å². The number of para-hydroxylation sites is 1. The Kier molecular flexibility index (Phi) is 2.80. The van der Waals surface area contributed by atoms with E-state index in [4.69, 9.17) is 0 Å². The lowest BCUT2D eigenvalue weighted by Gasteiger charge is -2.39. The second-order valence-corrected chi connectivity index (χ2v) is 5.16. The molecule has 18 heavy (non-hydrogen) atoms. The van der Waals surface area contributed by atoms with Gasteiger partial charge in [0.1, 0.15) is 0 Å². The van der Waals surface area contributed by atoms with Gasteiger partial charge >= 0.3 is 0 Å². The summed E-state index contributed by atoms with van der Waals surface area (Å²) in [7, 11) is 0. The van der Waals surface area contributed by atoms with Crippen molar-refractivity contribution in [3.05, 3.63) is 42.1 Å². The van der Waals surface area contributed by atoms with Crippen molar-refractivity contribution in [2.24, 2.45) is 5.92 Å². The zero-order valence-electron chi connectivity index (χ0n) is 10.6. The maximum Gasteiger partial charge on any atom is 0.0967 e. The number of pyridine rings is 1. The molecule has 1 saturated heterocycles. The predicted octanol–water partition coefficient (Wildman–Crippen LogP) is 2.05. The molecule has 0 bridgehead atoms. The summed E-state index contributed by atoms with van der Waals surface area (Å²) in [5.74, 6) is 0.193. The molecule has 3 nitrogen and oxygen atoms in total. The monoisotopic (exact) mass is 242 g/mol. The number of nitrogens with one attached hydrogen (secondary N) is 1. The summed E-state index contributed by atoms with van der Waals surface area (Å²) in [4.78, 5) is 4.46. The molecular formula is C15H18N2O. The minimum atomic E-state index is -0.765. The number of benzene rings is 1. The van der Waals surface area contributed by atoms with Crippen molar-refractivity contribution in [2.45, 2.75) is 18.9 Å². The van der Waals surface area contributed by atoms with E-state index in [1.54, 1.807) is 6.20 Å². The van der Waals surface area contributed by atoms with Gasteiger partial charge in [-0.05, 0) is 19.0 Å². The molecule has 1 aliphatic heterocycles. The Hall–Kier alpha value is -1.45. The van der Waals surface area contributed by atoms with Crippen LogP contribution in [0, 0.1) is 5.92 Å². The largest absolute Gasteiger partial charge is 0.385 e. The van der Waals surface area contributed by atoms with Crippen LogP contribution < -0.4 is 5.32 Å². The lowest BCUT2D eigenvalue weighted by molar-refractivity contribution is -0.0380. The van der Waals surface area contributed by atoms with E-state index in [0.29, 0.717) is 0 Å². The van der Waals surface area contributed by atoms with E-state index in [-0.39, 0.29) is 5.92 Å². The third-order valence-electron chi connectivity index (χ3n) is 4.05. The standard InChI is InChI=1S/C15H18N2O/c1-11-10-16-9-7-15(11,18)13-6-2-4-12-5-3-8-17-14(12)13/h2-6,8,11,16,18H,7,9-10H2,1H3. The average molecular weight is 242 g/mol. The van der Waals surface area contributed by atoms with Gasteiger partial charge in [0.2, 0.25) is 0 Å². The molecule has 1 aliphatic rings. The van der Waals surface area contributed by atoms with Gasteiger partial charge in [-0.25, -0.2) is 0 Å². The van der Waals surface area contributed by atoms with Crippen LogP contribution >= 0.6 is 0 Å². The van der Waals surface area contributed by atoms with E-state index in [1.165, 1.54) is 0 Å². The fourth-order valence-corrected chi connectivity index (χ4v) is 2.87. The molecule has 2 unspecified atom stereocenters. The predicted molar refractivity (Wildman–Crippen MR) is 72.3 cm³/mol. The van der Waals surface area contributed by atoms with Crippen LogP contribution in [0.4, 0.5) is 0 Å². The molecule has 1 aromatic heterocycles. The number of hydrogen-bond donors (Lipinski definition) is 2. The molecule has 2 aromatic rings. The molecule has 2 atom stereocenters. The van der Waals surface area contributed by atoms with Crippen LogP contribution in [0.2, 0.25) is 0 Å². The van der Waals surface area contributed by atoms with Crippen molar-refractivity contribution in [3.63, 3.8) is 0 Å². The molecule has 94 valence electrons. The Balaban J connectivity index is 2.19. The summed E-state index contributed by atoms with van der Waals surface area (Å²) in [5.41, 5.74) is 1.13. The van der Waals surface area contributed by atoms with Gasteiger partial charge in [-0.15, -0.1) is 0 Å². The summed E-state index contributed by atoms with van der Waals surface area (Å²) in [6.07, 6.45) is 2.53. The quantitative estimate of drug-likeness (QED) is 0.804. The van der Waals surface area contributed by atoms with E-state index in [1.807, 2.05) is 30.3 Å². The van der Waals surface area contributed by atoms with Gasteiger partial charge in [-0.2, -0.15) is 0 Å². The molecular weight excluding hydrogens is 224 g/mol. The Morgan fingerprint density at radius 1 is 1.33 bits per heavy atom. The van der Waals surface area contributed by atoms with Crippen molar-refractivity contribution in [2.75, 3.05) is 13.1 Å². The second-order valence-electron chi connectivity index (χ2n) is 5.16. The van der Waals surface area contributed by atoms with Crippen LogP contribution in [-0.2, 0) is 5.60 Å². The maximum absolute atomic E-state index is 11.0. The smallest absolute Gasteiger partial charge is 0.0967 e. The number of fused-ring (bicyclic) bond motifs is 1. The molecule has 2 N–H and O–H groups in total. The zero-order valence-corrected chi connectivity index (χ0v) is 10.6. The summed E-state index contributed by atoms with van der Waals surface area (Å²) >= 11 is 0. The molecule has 3 heteroatoms. The van der Waals surface area contributed by atoms with Gasteiger partial charge in [0.25, 0.3) is 0 Å². The first-order valence-electron chi connectivity index (χ1n) is 6.49. The van der Waals surface area contributed by atoms with Gasteiger partial charge in [0, 0.05) is 29.6 Å². The van der Waals surface area contributed by atoms with Gasteiger partial charge in [0.15, 0.2) is 0 Å². The van der Waals surface area contributed by atoms with Crippen LogP contribution in [0.25, 0.3) is 10.9 Å². The SMILES string of the molecule is CC1CNCCC1(O)c1cccc2cccnc12. The highest BCUT2D eigenvalue weighted by Gasteiger charge is 2.38. The topological polar surface area (TPSA) is 45.1 Å². The minimum absolute atomic E-state index is 0.193. The first-order chi connectivity index (χ1) is 8.72. The summed E-state index contributed by atoms with van der Waals surface area (Å²) in [5, 5.41) is 15.4. The summed E-state index contributed by atoms with van der Waals surface area (Å²) in [6.45, 7) is 3.79. The van der Waals surface area contributed by atoms with Crippen molar-refractivity contribution in [1.29, 1.82) is 0 Å². The fourth-order valence-electron chi connectivity index (χ4n) is 2.87. The number of aromatic nitrogens is 1. The number of nitrogens with zero attached hydrogens (tertiary/aromatic N) is 1. The average Bonchev–Trinajstić information content (AvgIpc) is 2.41. The van der Waals surface area contributed by atoms with E-state index in [0.717, 1.165) is 36.0 Å². The Bertz CT molecular complexity index is 564. The second kappa shape index (κ2) is 4.34. The summed E-state index contributed by atoms with van der Waals surface area (Å²) in [6, 6.07) is 10.0. The van der Waals surface area contributed by atoms with Crippen LogP contribution in [0.5, 0.6) is 0 Å². The van der Waals surface area contributed by atoms with Crippen molar-refractivity contribution < 1.29 is 5.11 Å². The van der Waals surface area contributed by atoms with Crippen molar-refractivity contribution >= 4 is 10.9 Å². The highest BCUT2D eigenvalue weighted by Crippen LogP contribution is 2.37. The molecule has 1 fully saturated rings. The minimum Gasteiger partial charge on any atom is -0.385 e. The maximum atomic E-state index is 11.0. The van der Waals surface area contributed by atoms with E-state index in [9.17, 15) is 5.11 Å². The third-order valence-corrected chi connectivity index (χ3v) is 4.05. The lowest BCUT2D eigenvalue weighted by atomic mass is 9.77. The first-order valence-corrected chi connectivity index (χ1v) is 6.49. The summed E-state index contributed by atoms with van der Waals surface area (Å²) < 4.78 is 0. The highest BCUT2D eigenvalue weighted by atomic mass is 16.3. The fraction of sp³-hybridized carbons (Fsp3) is 0.400. The van der Waals surface area contributed by atoms with E-state index < -0.39 is 5.60 Å². The van der Waals surface area contributed by atoms with Crippen LogP contribution in [0.1, 0.15) is 18.9 Å². The van der Waals surface area contributed by atoms with E-state index in [2.05, 4.69) is 17.2 Å². The normalized spacial score (nSPS) is 28.4. The van der Waals surface area contributed by atoms with Gasteiger partial charge in [-0.3, -0.25) is 4.98 Å². The third kappa shape index (κ3) is 1.71. The highest BCUT2D eigenvalue weighted by molar-refractivity contribution is 5.82.